The zero-order valence-electron chi connectivity index (χ0n) is 13.4. The number of hydrogen-bond acceptors (Lipinski definition) is 2. The van der Waals surface area contributed by atoms with Crippen molar-refractivity contribution < 1.29 is 14.0 Å². The van der Waals surface area contributed by atoms with Gasteiger partial charge in [0.25, 0.3) is 0 Å². The Kier molecular flexibility index (Phi) is 6.31. The maximum atomic E-state index is 13.0. The van der Waals surface area contributed by atoms with E-state index in [9.17, 15) is 14.0 Å². The Hall–Kier alpha value is -2.89. The predicted octanol–water partition coefficient (Wildman–Crippen LogP) is 2.83. The van der Waals surface area contributed by atoms with E-state index in [4.69, 9.17) is 0 Å². The Bertz CT molecular complexity index is 719. The van der Waals surface area contributed by atoms with Crippen LogP contribution in [0.4, 0.5) is 14.9 Å². The second-order valence-electron chi connectivity index (χ2n) is 5.37. The minimum atomic E-state index is -0.295. The molecule has 126 valence electrons. The average Bonchev–Trinajstić information content (AvgIpc) is 2.53. The van der Waals surface area contributed by atoms with Crippen molar-refractivity contribution in [2.75, 3.05) is 11.9 Å². The number of hydrogen-bond donors (Lipinski definition) is 3. The van der Waals surface area contributed by atoms with Crippen molar-refractivity contribution in [3.8, 4) is 0 Å². The van der Waals surface area contributed by atoms with E-state index in [1.807, 2.05) is 18.2 Å². The third-order valence-corrected chi connectivity index (χ3v) is 3.29. The van der Waals surface area contributed by atoms with Gasteiger partial charge in [-0.2, -0.15) is 0 Å². The number of rotatable bonds is 6. The standard InChI is InChI=1S/C18H20FN3O2/c1-13(23)22-17-7-3-5-15(11-17)12-21-18(24)20-9-8-14-4-2-6-16(19)10-14/h2-7,10-11H,8-9,12H2,1H3,(H,22,23)(H2,20,21,24). The van der Waals surface area contributed by atoms with Crippen LogP contribution in [0.1, 0.15) is 18.1 Å². The molecular weight excluding hydrogens is 309 g/mol. The smallest absolute Gasteiger partial charge is 0.315 e. The second kappa shape index (κ2) is 8.67. The van der Waals surface area contributed by atoms with Crippen LogP contribution in [0.15, 0.2) is 48.5 Å². The fourth-order valence-corrected chi connectivity index (χ4v) is 2.22. The first-order valence-corrected chi connectivity index (χ1v) is 7.65. The van der Waals surface area contributed by atoms with Crippen molar-refractivity contribution in [1.82, 2.24) is 10.6 Å². The molecule has 0 radical (unpaired) electrons. The number of urea groups is 1. The second-order valence-corrected chi connectivity index (χ2v) is 5.37. The zero-order chi connectivity index (χ0) is 17.4. The first-order valence-electron chi connectivity index (χ1n) is 7.65. The lowest BCUT2D eigenvalue weighted by molar-refractivity contribution is -0.114. The molecule has 0 fully saturated rings. The Morgan fingerprint density at radius 1 is 1.00 bits per heavy atom. The van der Waals surface area contributed by atoms with Gasteiger partial charge in [0, 0.05) is 25.7 Å². The summed E-state index contributed by atoms with van der Waals surface area (Å²) in [7, 11) is 0. The predicted molar refractivity (Wildman–Crippen MR) is 91.1 cm³/mol. The summed E-state index contributed by atoms with van der Waals surface area (Å²) < 4.78 is 13.0. The molecule has 0 aromatic heterocycles. The third kappa shape index (κ3) is 6.08. The molecule has 2 aromatic carbocycles. The van der Waals surface area contributed by atoms with E-state index in [2.05, 4.69) is 16.0 Å². The van der Waals surface area contributed by atoms with Gasteiger partial charge < -0.3 is 16.0 Å². The van der Waals surface area contributed by atoms with Crippen LogP contribution in [0.3, 0.4) is 0 Å². The van der Waals surface area contributed by atoms with Gasteiger partial charge in [0.1, 0.15) is 5.82 Å². The SMILES string of the molecule is CC(=O)Nc1cccc(CNC(=O)NCCc2cccc(F)c2)c1. The van der Waals surface area contributed by atoms with Crippen LogP contribution >= 0.6 is 0 Å². The van der Waals surface area contributed by atoms with Crippen molar-refractivity contribution in [3.05, 3.63) is 65.5 Å². The zero-order valence-corrected chi connectivity index (χ0v) is 13.4. The molecule has 3 amide bonds. The van der Waals surface area contributed by atoms with Gasteiger partial charge in [-0.05, 0) is 41.8 Å². The van der Waals surface area contributed by atoms with E-state index in [-0.39, 0.29) is 17.8 Å². The number of carbonyl (C=O) groups excluding carboxylic acids is 2. The van der Waals surface area contributed by atoms with Crippen LogP contribution in [0.2, 0.25) is 0 Å². The Balaban J connectivity index is 1.74. The van der Waals surface area contributed by atoms with Crippen LogP contribution in [0.25, 0.3) is 0 Å². The molecule has 0 spiro atoms. The van der Waals surface area contributed by atoms with Gasteiger partial charge in [0.2, 0.25) is 5.91 Å². The first kappa shape index (κ1) is 17.5. The topological polar surface area (TPSA) is 70.2 Å². The van der Waals surface area contributed by atoms with E-state index in [1.165, 1.54) is 19.1 Å². The van der Waals surface area contributed by atoms with E-state index >= 15 is 0 Å². The summed E-state index contributed by atoms with van der Waals surface area (Å²) in [5.41, 5.74) is 2.40. The van der Waals surface area contributed by atoms with Crippen LogP contribution in [0.5, 0.6) is 0 Å². The van der Waals surface area contributed by atoms with Gasteiger partial charge >= 0.3 is 6.03 Å². The molecule has 0 aliphatic carbocycles. The number of amides is 3. The number of nitrogens with one attached hydrogen (secondary N) is 3. The molecule has 3 N–H and O–H groups in total. The lowest BCUT2D eigenvalue weighted by Crippen LogP contribution is -2.36. The molecular formula is C18H20FN3O2. The fourth-order valence-electron chi connectivity index (χ4n) is 2.22. The lowest BCUT2D eigenvalue weighted by Gasteiger charge is -2.09. The maximum absolute atomic E-state index is 13.0. The minimum absolute atomic E-state index is 0.143. The Morgan fingerprint density at radius 3 is 2.50 bits per heavy atom. The Labute approximate surface area is 140 Å². The molecule has 0 saturated carbocycles. The van der Waals surface area contributed by atoms with E-state index in [0.717, 1.165) is 11.1 Å². The molecule has 2 rings (SSSR count). The minimum Gasteiger partial charge on any atom is -0.338 e. The van der Waals surface area contributed by atoms with E-state index in [0.29, 0.717) is 25.2 Å². The fraction of sp³-hybridized carbons (Fsp3) is 0.222. The number of carbonyl (C=O) groups is 2. The lowest BCUT2D eigenvalue weighted by atomic mass is 10.1. The van der Waals surface area contributed by atoms with Crippen LogP contribution < -0.4 is 16.0 Å². The number of anilines is 1. The first-order chi connectivity index (χ1) is 11.5. The maximum Gasteiger partial charge on any atom is 0.315 e. The summed E-state index contributed by atoms with van der Waals surface area (Å²) in [6, 6.07) is 13.3. The van der Waals surface area contributed by atoms with Crippen molar-refractivity contribution in [2.45, 2.75) is 19.9 Å². The van der Waals surface area contributed by atoms with Gasteiger partial charge in [-0.1, -0.05) is 24.3 Å². The summed E-state index contributed by atoms with van der Waals surface area (Å²) in [6.07, 6.45) is 0.559. The third-order valence-electron chi connectivity index (χ3n) is 3.29. The molecule has 0 aliphatic rings. The molecule has 0 unspecified atom stereocenters. The summed E-state index contributed by atoms with van der Waals surface area (Å²) in [5.74, 6) is -0.425. The number of halogens is 1. The highest BCUT2D eigenvalue weighted by Crippen LogP contribution is 2.10. The van der Waals surface area contributed by atoms with Crippen LogP contribution in [-0.2, 0) is 17.8 Å². The average molecular weight is 329 g/mol. The molecule has 24 heavy (non-hydrogen) atoms. The molecule has 5 nitrogen and oxygen atoms in total. The summed E-state index contributed by atoms with van der Waals surface area (Å²) in [4.78, 5) is 22.8. The molecule has 0 bridgehead atoms. The highest BCUT2D eigenvalue weighted by molar-refractivity contribution is 5.88. The monoisotopic (exact) mass is 329 g/mol. The Morgan fingerprint density at radius 2 is 1.75 bits per heavy atom. The highest BCUT2D eigenvalue weighted by Gasteiger charge is 2.02. The van der Waals surface area contributed by atoms with E-state index < -0.39 is 0 Å². The molecule has 0 saturated heterocycles. The number of benzene rings is 2. The van der Waals surface area contributed by atoms with Crippen molar-refractivity contribution in [2.24, 2.45) is 0 Å². The van der Waals surface area contributed by atoms with Crippen molar-refractivity contribution in [3.63, 3.8) is 0 Å². The van der Waals surface area contributed by atoms with Gasteiger partial charge in [-0.25, -0.2) is 9.18 Å². The molecule has 2 aromatic rings. The van der Waals surface area contributed by atoms with E-state index in [1.54, 1.807) is 18.2 Å². The molecule has 0 atom stereocenters. The summed E-state index contributed by atoms with van der Waals surface area (Å²) >= 11 is 0. The van der Waals surface area contributed by atoms with Gasteiger partial charge in [-0.15, -0.1) is 0 Å². The normalized spacial score (nSPS) is 10.1. The largest absolute Gasteiger partial charge is 0.338 e. The van der Waals surface area contributed by atoms with Crippen molar-refractivity contribution >= 4 is 17.6 Å². The van der Waals surface area contributed by atoms with Gasteiger partial charge in [0.15, 0.2) is 0 Å². The highest BCUT2D eigenvalue weighted by atomic mass is 19.1. The summed E-state index contributed by atoms with van der Waals surface area (Å²) in [5, 5.41) is 8.16. The molecule has 0 aliphatic heterocycles. The molecule has 6 heteroatoms. The summed E-state index contributed by atoms with van der Waals surface area (Å²) in [6.45, 7) is 2.21. The van der Waals surface area contributed by atoms with Crippen LogP contribution in [0, 0.1) is 5.82 Å². The van der Waals surface area contributed by atoms with Crippen molar-refractivity contribution in [1.29, 1.82) is 0 Å². The van der Waals surface area contributed by atoms with Gasteiger partial charge in [-0.3, -0.25) is 4.79 Å². The molecule has 0 heterocycles. The van der Waals surface area contributed by atoms with Gasteiger partial charge in [0.05, 0.1) is 0 Å². The quantitative estimate of drug-likeness (QED) is 0.763. The van der Waals surface area contributed by atoms with Crippen LogP contribution in [-0.4, -0.2) is 18.5 Å².